The molecule has 0 amide bonds. The van der Waals surface area contributed by atoms with Crippen LogP contribution in [0.2, 0.25) is 0 Å². The maximum atomic E-state index is 12.2. The molecule has 0 heterocycles. The second kappa shape index (κ2) is 6.38. The fourth-order valence-electron chi connectivity index (χ4n) is 1.64. The number of carboxylic acids is 1. The number of hydrogen-bond acceptors (Lipinski definition) is 2. The van der Waals surface area contributed by atoms with Crippen molar-refractivity contribution in [1.29, 1.82) is 0 Å². The van der Waals surface area contributed by atoms with Gasteiger partial charge in [-0.25, -0.2) is 4.79 Å². The zero-order valence-electron chi connectivity index (χ0n) is 10.3. The second-order valence-corrected chi connectivity index (χ2v) is 4.20. The van der Waals surface area contributed by atoms with Crippen molar-refractivity contribution in [3.8, 4) is 0 Å². The molecule has 0 aliphatic carbocycles. The van der Waals surface area contributed by atoms with Gasteiger partial charge in [0.05, 0.1) is 6.54 Å². The Balaban J connectivity index is 2.69. The molecule has 0 fully saturated rings. The van der Waals surface area contributed by atoms with Crippen molar-refractivity contribution < 1.29 is 23.1 Å². The van der Waals surface area contributed by atoms with Gasteiger partial charge in [0.25, 0.3) is 0 Å². The Morgan fingerprint density at radius 1 is 1.42 bits per heavy atom. The molecule has 0 saturated heterocycles. The summed E-state index contributed by atoms with van der Waals surface area (Å²) in [6.45, 7) is -0.837. The van der Waals surface area contributed by atoms with Crippen LogP contribution in [0.5, 0.6) is 0 Å². The molecule has 0 radical (unpaired) electrons. The summed E-state index contributed by atoms with van der Waals surface area (Å²) in [5.74, 6) is -1.07. The van der Waals surface area contributed by atoms with Gasteiger partial charge in [-0.1, -0.05) is 24.3 Å². The Labute approximate surface area is 109 Å². The summed E-state index contributed by atoms with van der Waals surface area (Å²) in [6, 6.07) is 6.72. The van der Waals surface area contributed by atoms with Gasteiger partial charge in [0.1, 0.15) is 0 Å². The largest absolute Gasteiger partial charge is 0.478 e. The summed E-state index contributed by atoms with van der Waals surface area (Å²) in [4.78, 5) is 11.5. The van der Waals surface area contributed by atoms with E-state index in [1.165, 1.54) is 13.1 Å². The number of carboxylic acid groups (broad SMARTS) is 1. The van der Waals surface area contributed by atoms with E-state index in [0.29, 0.717) is 11.1 Å². The highest BCUT2D eigenvalue weighted by Gasteiger charge is 2.28. The lowest BCUT2D eigenvalue weighted by molar-refractivity contribution is -0.144. The van der Waals surface area contributed by atoms with Gasteiger partial charge in [0.2, 0.25) is 0 Å². The molecule has 19 heavy (non-hydrogen) atoms. The van der Waals surface area contributed by atoms with Crippen LogP contribution in [0.15, 0.2) is 30.3 Å². The third kappa shape index (κ3) is 6.61. The highest BCUT2D eigenvalue weighted by molar-refractivity contribution is 5.85. The summed E-state index contributed by atoms with van der Waals surface area (Å²) < 4.78 is 36.5. The quantitative estimate of drug-likeness (QED) is 0.839. The van der Waals surface area contributed by atoms with Crippen molar-refractivity contribution in [1.82, 2.24) is 4.90 Å². The molecule has 1 aromatic carbocycles. The van der Waals surface area contributed by atoms with E-state index < -0.39 is 18.7 Å². The average Bonchev–Trinajstić information content (AvgIpc) is 2.24. The highest BCUT2D eigenvalue weighted by atomic mass is 19.4. The number of carbonyl (C=O) groups is 1. The monoisotopic (exact) mass is 273 g/mol. The van der Waals surface area contributed by atoms with Crippen LogP contribution in [0, 0.1) is 0 Å². The minimum Gasteiger partial charge on any atom is -0.478 e. The van der Waals surface area contributed by atoms with E-state index in [1.807, 2.05) is 0 Å². The molecule has 0 unspecified atom stereocenters. The predicted octanol–water partition coefficient (Wildman–Crippen LogP) is 2.78. The van der Waals surface area contributed by atoms with E-state index in [-0.39, 0.29) is 6.54 Å². The third-order valence-electron chi connectivity index (χ3n) is 2.27. The molecule has 1 N–H and O–H groups in total. The summed E-state index contributed by atoms with van der Waals surface area (Å²) in [5.41, 5.74) is 1.33. The smallest absolute Gasteiger partial charge is 0.401 e. The lowest BCUT2D eigenvalue weighted by Crippen LogP contribution is -2.30. The maximum Gasteiger partial charge on any atom is 0.401 e. The molecule has 0 aliphatic heterocycles. The Hall–Kier alpha value is -1.82. The molecule has 6 heteroatoms. The van der Waals surface area contributed by atoms with Crippen LogP contribution < -0.4 is 0 Å². The molecular formula is C13H14F3NO2. The molecule has 104 valence electrons. The van der Waals surface area contributed by atoms with Crippen molar-refractivity contribution in [3.63, 3.8) is 0 Å². The molecule has 0 aliphatic rings. The second-order valence-electron chi connectivity index (χ2n) is 4.20. The van der Waals surface area contributed by atoms with E-state index in [0.717, 1.165) is 11.0 Å². The van der Waals surface area contributed by atoms with Crippen molar-refractivity contribution in [2.75, 3.05) is 13.6 Å². The van der Waals surface area contributed by atoms with Crippen LogP contribution in [0.3, 0.4) is 0 Å². The molecule has 1 rings (SSSR count). The lowest BCUT2D eigenvalue weighted by Gasteiger charge is -2.18. The fraction of sp³-hybridized carbons (Fsp3) is 0.308. The number of nitrogens with zero attached hydrogens (tertiary/aromatic N) is 1. The van der Waals surface area contributed by atoms with Gasteiger partial charge in [0.15, 0.2) is 0 Å². The van der Waals surface area contributed by atoms with Gasteiger partial charge >= 0.3 is 12.1 Å². The van der Waals surface area contributed by atoms with Gasteiger partial charge in [-0.05, 0) is 24.3 Å². The normalized spacial score (nSPS) is 12.3. The molecule has 3 nitrogen and oxygen atoms in total. The summed E-state index contributed by atoms with van der Waals surface area (Å²) >= 11 is 0. The number of hydrogen-bond donors (Lipinski definition) is 1. The number of rotatable bonds is 5. The molecule has 0 atom stereocenters. The fourth-order valence-corrected chi connectivity index (χ4v) is 1.64. The first-order valence-electron chi connectivity index (χ1n) is 5.51. The number of alkyl halides is 3. The minimum atomic E-state index is -4.23. The van der Waals surface area contributed by atoms with Crippen molar-refractivity contribution in [2.24, 2.45) is 0 Å². The molecular weight excluding hydrogens is 259 g/mol. The summed E-state index contributed by atoms with van der Waals surface area (Å²) in [7, 11) is 1.38. The lowest BCUT2D eigenvalue weighted by atomic mass is 10.1. The zero-order valence-corrected chi connectivity index (χ0v) is 10.3. The van der Waals surface area contributed by atoms with Crippen LogP contribution in [0.1, 0.15) is 11.1 Å². The topological polar surface area (TPSA) is 40.5 Å². The molecule has 0 spiro atoms. The first-order valence-corrected chi connectivity index (χ1v) is 5.51. The number of benzene rings is 1. The van der Waals surface area contributed by atoms with Gasteiger partial charge in [-0.3, -0.25) is 4.90 Å². The third-order valence-corrected chi connectivity index (χ3v) is 2.27. The molecule has 0 saturated carbocycles. The van der Waals surface area contributed by atoms with Crippen molar-refractivity contribution in [2.45, 2.75) is 12.7 Å². The van der Waals surface area contributed by atoms with Crippen LogP contribution >= 0.6 is 0 Å². The molecule has 0 aromatic heterocycles. The zero-order chi connectivity index (χ0) is 14.5. The first-order chi connectivity index (χ1) is 8.76. The Morgan fingerprint density at radius 2 is 2.11 bits per heavy atom. The van der Waals surface area contributed by atoms with Gasteiger partial charge in [0, 0.05) is 12.6 Å². The summed E-state index contributed by atoms with van der Waals surface area (Å²) in [6.07, 6.45) is -1.84. The van der Waals surface area contributed by atoms with Gasteiger partial charge in [-0.15, -0.1) is 0 Å². The Morgan fingerprint density at radius 3 is 2.68 bits per heavy atom. The van der Waals surface area contributed by atoms with E-state index in [2.05, 4.69) is 0 Å². The van der Waals surface area contributed by atoms with E-state index >= 15 is 0 Å². The van der Waals surface area contributed by atoms with Crippen LogP contribution in [0.4, 0.5) is 13.2 Å². The number of halogens is 3. The molecule has 1 aromatic rings. The van der Waals surface area contributed by atoms with Gasteiger partial charge in [-0.2, -0.15) is 13.2 Å². The predicted molar refractivity (Wildman–Crippen MR) is 65.5 cm³/mol. The highest BCUT2D eigenvalue weighted by Crippen LogP contribution is 2.17. The van der Waals surface area contributed by atoms with E-state index in [9.17, 15) is 18.0 Å². The van der Waals surface area contributed by atoms with E-state index in [4.69, 9.17) is 5.11 Å². The van der Waals surface area contributed by atoms with Crippen molar-refractivity contribution >= 4 is 12.0 Å². The summed E-state index contributed by atoms with van der Waals surface area (Å²) in [5, 5.41) is 8.50. The standard InChI is InChI=1S/C13H14F3NO2/c1-17(9-13(14,15)16)8-11-4-2-3-10(7-11)5-6-12(18)19/h2-7H,8-9H2,1H3,(H,18,19)/b6-5+. The maximum absolute atomic E-state index is 12.2. The Kier molecular flexibility index (Phi) is 5.11. The van der Waals surface area contributed by atoms with E-state index in [1.54, 1.807) is 24.3 Å². The van der Waals surface area contributed by atoms with Crippen LogP contribution in [-0.4, -0.2) is 35.7 Å². The van der Waals surface area contributed by atoms with Crippen molar-refractivity contribution in [3.05, 3.63) is 41.5 Å². The minimum absolute atomic E-state index is 0.147. The molecule has 0 bridgehead atoms. The van der Waals surface area contributed by atoms with Crippen LogP contribution in [0.25, 0.3) is 6.08 Å². The van der Waals surface area contributed by atoms with Gasteiger partial charge < -0.3 is 5.11 Å². The Bertz CT molecular complexity index is 469. The number of aliphatic carboxylic acids is 1. The average molecular weight is 273 g/mol. The first kappa shape index (κ1) is 15.2. The van der Waals surface area contributed by atoms with Crippen LogP contribution in [-0.2, 0) is 11.3 Å². The SMILES string of the molecule is CN(Cc1cccc(/C=C/C(=O)O)c1)CC(F)(F)F.